The van der Waals surface area contributed by atoms with E-state index in [1.807, 2.05) is 0 Å². The summed E-state index contributed by atoms with van der Waals surface area (Å²) in [4.78, 5) is 10.8. The smallest absolute Gasteiger partial charge is 0.481 e. The van der Waals surface area contributed by atoms with Gasteiger partial charge in [0.25, 0.3) is 0 Å². The molecule has 0 fully saturated rings. The molecule has 22 heavy (non-hydrogen) atoms. The molecule has 0 heterocycles. The highest BCUT2D eigenvalue weighted by Gasteiger charge is 2.31. The number of rotatable bonds is 4. The third-order valence-electron chi connectivity index (χ3n) is 2.80. The molecule has 2 aromatic rings. The summed E-state index contributed by atoms with van der Waals surface area (Å²) in [6.45, 7) is 0. The Kier molecular flexibility index (Phi) is 4.35. The Morgan fingerprint density at radius 2 is 1.82 bits per heavy atom. The Balaban J connectivity index is 2.48. The summed E-state index contributed by atoms with van der Waals surface area (Å²) in [5.41, 5.74) is 0.213. The maximum Gasteiger partial charge on any atom is 0.573 e. The summed E-state index contributed by atoms with van der Waals surface area (Å²) in [5, 5.41) is 8.84. The SMILES string of the molecule is O=C(O)Cc1cccc(F)c1-c1cccc(OC(F)(F)F)c1. The van der Waals surface area contributed by atoms with E-state index >= 15 is 0 Å². The molecule has 0 saturated carbocycles. The van der Waals surface area contributed by atoms with Crippen LogP contribution >= 0.6 is 0 Å². The van der Waals surface area contributed by atoms with Crippen LogP contribution < -0.4 is 4.74 Å². The van der Waals surface area contributed by atoms with Crippen molar-refractivity contribution in [2.75, 3.05) is 0 Å². The second-order valence-corrected chi connectivity index (χ2v) is 4.42. The summed E-state index contributed by atoms with van der Waals surface area (Å²) < 4.78 is 54.5. The molecule has 0 aliphatic carbocycles. The molecule has 0 aliphatic rings. The van der Waals surface area contributed by atoms with Crippen molar-refractivity contribution in [1.29, 1.82) is 0 Å². The van der Waals surface area contributed by atoms with Gasteiger partial charge in [-0.2, -0.15) is 0 Å². The van der Waals surface area contributed by atoms with Crippen LogP contribution in [-0.2, 0) is 11.2 Å². The highest BCUT2D eigenvalue weighted by molar-refractivity contribution is 5.77. The highest BCUT2D eigenvalue weighted by atomic mass is 19.4. The molecular weight excluding hydrogens is 304 g/mol. The van der Waals surface area contributed by atoms with Crippen molar-refractivity contribution in [3.63, 3.8) is 0 Å². The van der Waals surface area contributed by atoms with Gasteiger partial charge in [-0.1, -0.05) is 24.3 Å². The normalized spacial score (nSPS) is 11.3. The van der Waals surface area contributed by atoms with Crippen LogP contribution in [0.5, 0.6) is 5.75 Å². The van der Waals surface area contributed by atoms with Crippen molar-refractivity contribution < 1.29 is 32.2 Å². The zero-order valence-corrected chi connectivity index (χ0v) is 11.0. The lowest BCUT2D eigenvalue weighted by atomic mass is 9.97. The van der Waals surface area contributed by atoms with Gasteiger partial charge in [0.05, 0.1) is 6.42 Å². The lowest BCUT2D eigenvalue weighted by molar-refractivity contribution is -0.274. The number of hydrogen-bond acceptors (Lipinski definition) is 2. The quantitative estimate of drug-likeness (QED) is 0.867. The zero-order chi connectivity index (χ0) is 16.3. The third kappa shape index (κ3) is 3.97. The van der Waals surface area contributed by atoms with Crippen LogP contribution in [0.15, 0.2) is 42.5 Å². The Hall–Kier alpha value is -2.57. The van der Waals surface area contributed by atoms with Crippen molar-refractivity contribution in [1.82, 2.24) is 0 Å². The molecule has 0 bridgehead atoms. The maximum absolute atomic E-state index is 14.0. The lowest BCUT2D eigenvalue weighted by Crippen LogP contribution is -2.17. The van der Waals surface area contributed by atoms with E-state index in [4.69, 9.17) is 5.11 Å². The Bertz CT molecular complexity index is 695. The topological polar surface area (TPSA) is 46.5 Å². The number of carbonyl (C=O) groups is 1. The molecule has 1 N–H and O–H groups in total. The average Bonchev–Trinajstić information content (AvgIpc) is 2.36. The summed E-state index contributed by atoms with van der Waals surface area (Å²) in [5.74, 6) is -2.40. The number of carboxylic acids is 1. The van der Waals surface area contributed by atoms with Gasteiger partial charge in [0.2, 0.25) is 0 Å². The molecule has 0 amide bonds. The summed E-state index contributed by atoms with van der Waals surface area (Å²) >= 11 is 0. The summed E-state index contributed by atoms with van der Waals surface area (Å²) in [7, 11) is 0. The van der Waals surface area contributed by atoms with Gasteiger partial charge in [-0.25, -0.2) is 4.39 Å². The number of carboxylic acid groups (broad SMARTS) is 1. The first-order chi connectivity index (χ1) is 10.3. The second-order valence-electron chi connectivity index (χ2n) is 4.42. The first-order valence-electron chi connectivity index (χ1n) is 6.11. The minimum absolute atomic E-state index is 0.0578. The van der Waals surface area contributed by atoms with Gasteiger partial charge in [-0.05, 0) is 29.3 Å². The fourth-order valence-electron chi connectivity index (χ4n) is 2.05. The monoisotopic (exact) mass is 314 g/mol. The van der Waals surface area contributed by atoms with Gasteiger partial charge >= 0.3 is 12.3 Å². The van der Waals surface area contributed by atoms with E-state index in [1.54, 1.807) is 0 Å². The minimum atomic E-state index is -4.86. The van der Waals surface area contributed by atoms with Crippen LogP contribution in [0, 0.1) is 5.82 Å². The number of aliphatic carboxylic acids is 1. The molecule has 3 nitrogen and oxygen atoms in total. The van der Waals surface area contributed by atoms with Gasteiger partial charge in [-0.3, -0.25) is 4.79 Å². The zero-order valence-electron chi connectivity index (χ0n) is 11.0. The molecule has 7 heteroatoms. The molecule has 0 aliphatic heterocycles. The van der Waals surface area contributed by atoms with Crippen LogP contribution in [0.4, 0.5) is 17.6 Å². The molecule has 0 saturated heterocycles. The maximum atomic E-state index is 14.0. The number of benzene rings is 2. The number of hydrogen-bond donors (Lipinski definition) is 1. The van der Waals surface area contributed by atoms with E-state index in [-0.39, 0.29) is 16.7 Å². The van der Waals surface area contributed by atoms with E-state index in [0.717, 1.165) is 18.2 Å². The highest BCUT2D eigenvalue weighted by Crippen LogP contribution is 2.31. The third-order valence-corrected chi connectivity index (χ3v) is 2.80. The molecule has 0 aromatic heterocycles. The standard InChI is InChI=1S/C15H10F4O3/c16-12-6-2-4-10(8-13(20)21)14(12)9-3-1-5-11(7-9)22-15(17,18)19/h1-7H,8H2,(H,20,21). The van der Waals surface area contributed by atoms with Gasteiger partial charge in [0, 0.05) is 5.56 Å². The van der Waals surface area contributed by atoms with Crippen LogP contribution in [0.2, 0.25) is 0 Å². The lowest BCUT2D eigenvalue weighted by Gasteiger charge is -2.12. The summed E-state index contributed by atoms with van der Waals surface area (Å²) in [6, 6.07) is 8.60. The van der Waals surface area contributed by atoms with Gasteiger partial charge in [-0.15, -0.1) is 13.2 Å². The molecule has 0 spiro atoms. The van der Waals surface area contributed by atoms with Crippen molar-refractivity contribution >= 4 is 5.97 Å². The molecule has 2 rings (SSSR count). The van der Waals surface area contributed by atoms with Gasteiger partial charge in [0.15, 0.2) is 0 Å². The Labute approximate surface area is 122 Å². The number of ether oxygens (including phenoxy) is 1. The van der Waals surface area contributed by atoms with E-state index in [2.05, 4.69) is 4.74 Å². The van der Waals surface area contributed by atoms with Crippen molar-refractivity contribution in [3.05, 3.63) is 53.8 Å². The molecule has 0 radical (unpaired) electrons. The minimum Gasteiger partial charge on any atom is -0.481 e. The van der Waals surface area contributed by atoms with Gasteiger partial charge < -0.3 is 9.84 Å². The molecule has 2 aromatic carbocycles. The molecule has 0 atom stereocenters. The summed E-state index contributed by atoms with van der Waals surface area (Å²) in [6.07, 6.45) is -5.31. The second kappa shape index (κ2) is 6.05. The predicted octanol–water partition coefficient (Wildman–Crippen LogP) is 4.02. The van der Waals surface area contributed by atoms with Crippen LogP contribution in [-0.4, -0.2) is 17.4 Å². The number of halogens is 4. The van der Waals surface area contributed by atoms with Crippen molar-refractivity contribution in [2.24, 2.45) is 0 Å². The fraction of sp³-hybridized carbons (Fsp3) is 0.133. The predicted molar refractivity (Wildman–Crippen MR) is 69.9 cm³/mol. The molecule has 116 valence electrons. The Morgan fingerprint density at radius 3 is 2.45 bits per heavy atom. The van der Waals surface area contributed by atoms with E-state index in [0.29, 0.717) is 0 Å². The van der Waals surface area contributed by atoms with E-state index < -0.39 is 30.3 Å². The molecule has 0 unspecified atom stereocenters. The first kappa shape index (κ1) is 15.8. The van der Waals surface area contributed by atoms with Crippen LogP contribution in [0.1, 0.15) is 5.56 Å². The average molecular weight is 314 g/mol. The van der Waals surface area contributed by atoms with Crippen LogP contribution in [0.3, 0.4) is 0 Å². The van der Waals surface area contributed by atoms with Crippen molar-refractivity contribution in [2.45, 2.75) is 12.8 Å². The van der Waals surface area contributed by atoms with E-state index in [1.165, 1.54) is 24.3 Å². The van der Waals surface area contributed by atoms with E-state index in [9.17, 15) is 22.4 Å². The molecular formula is C15H10F4O3. The first-order valence-corrected chi connectivity index (χ1v) is 6.11. The van der Waals surface area contributed by atoms with Crippen LogP contribution in [0.25, 0.3) is 11.1 Å². The van der Waals surface area contributed by atoms with Gasteiger partial charge in [0.1, 0.15) is 11.6 Å². The Morgan fingerprint density at radius 1 is 1.14 bits per heavy atom. The largest absolute Gasteiger partial charge is 0.573 e. The number of alkyl halides is 3. The van der Waals surface area contributed by atoms with Crippen molar-refractivity contribution in [3.8, 4) is 16.9 Å². The fourth-order valence-corrected chi connectivity index (χ4v) is 2.05.